The molecule has 0 aliphatic rings. The summed E-state index contributed by atoms with van der Waals surface area (Å²) >= 11 is 0. The molecule has 1 heterocycles. The highest BCUT2D eigenvalue weighted by molar-refractivity contribution is 5.93. The lowest BCUT2D eigenvalue weighted by Gasteiger charge is -2.07. The van der Waals surface area contributed by atoms with E-state index in [1.54, 1.807) is 0 Å². The van der Waals surface area contributed by atoms with Crippen LogP contribution in [0.4, 0.5) is 13.2 Å². The highest BCUT2D eigenvalue weighted by Crippen LogP contribution is 2.21. The van der Waals surface area contributed by atoms with E-state index in [4.69, 9.17) is 5.73 Å². The molecule has 0 radical (unpaired) electrons. The normalized spacial score (nSPS) is 11.4. The molecule has 76 valence electrons. The van der Waals surface area contributed by atoms with Gasteiger partial charge in [0, 0.05) is 6.20 Å². The lowest BCUT2D eigenvalue weighted by Crippen LogP contribution is -2.19. The van der Waals surface area contributed by atoms with Crippen molar-refractivity contribution in [2.45, 2.75) is 12.6 Å². The maximum atomic E-state index is 12.0. The summed E-state index contributed by atoms with van der Waals surface area (Å²) in [6.45, 7) is 0. The molecular weight excluding hydrogens is 197 g/mol. The second-order valence-electron chi connectivity index (χ2n) is 2.65. The van der Waals surface area contributed by atoms with Crippen LogP contribution in [0.2, 0.25) is 0 Å². The first-order valence-corrected chi connectivity index (χ1v) is 3.70. The summed E-state index contributed by atoms with van der Waals surface area (Å²) in [6, 6.07) is 2.58. The van der Waals surface area contributed by atoms with E-state index in [1.807, 2.05) is 0 Å². The Morgan fingerprint density at radius 3 is 2.64 bits per heavy atom. The summed E-state index contributed by atoms with van der Waals surface area (Å²) in [5.41, 5.74) is 4.36. The van der Waals surface area contributed by atoms with Crippen LogP contribution in [0.25, 0.3) is 0 Å². The molecule has 1 amide bonds. The number of carbonyl (C=O) groups excluding carboxylic acids is 1. The molecule has 0 atom stereocenters. The second kappa shape index (κ2) is 3.65. The Morgan fingerprint density at radius 1 is 1.50 bits per heavy atom. The molecule has 6 heteroatoms. The molecule has 0 aromatic carbocycles. The van der Waals surface area contributed by atoms with E-state index in [9.17, 15) is 18.0 Å². The van der Waals surface area contributed by atoms with Gasteiger partial charge in [0.1, 0.15) is 0 Å². The molecule has 0 aliphatic carbocycles. The summed E-state index contributed by atoms with van der Waals surface area (Å²) in [5, 5.41) is 0. The van der Waals surface area contributed by atoms with Gasteiger partial charge in [-0.2, -0.15) is 13.2 Å². The third-order valence-electron chi connectivity index (χ3n) is 1.52. The number of pyridine rings is 1. The van der Waals surface area contributed by atoms with E-state index >= 15 is 0 Å². The maximum Gasteiger partial charge on any atom is 0.394 e. The molecule has 0 aliphatic heterocycles. The lowest BCUT2D eigenvalue weighted by molar-refractivity contribution is -0.127. The van der Waals surface area contributed by atoms with Crippen molar-refractivity contribution in [3.05, 3.63) is 29.6 Å². The number of nitrogens with zero attached hydrogens (tertiary/aromatic N) is 1. The van der Waals surface area contributed by atoms with Crippen molar-refractivity contribution in [2.24, 2.45) is 5.73 Å². The average molecular weight is 204 g/mol. The molecule has 0 fully saturated rings. The second-order valence-corrected chi connectivity index (χ2v) is 2.65. The van der Waals surface area contributed by atoms with Crippen molar-refractivity contribution in [1.82, 2.24) is 4.98 Å². The summed E-state index contributed by atoms with van der Waals surface area (Å²) in [5.74, 6) is -0.905. The van der Waals surface area contributed by atoms with Crippen molar-refractivity contribution in [3.63, 3.8) is 0 Å². The standard InChI is InChI=1S/C8H7F3N2O/c9-8(10,11)4-6-5(7(12)14)2-1-3-13-6/h1-3H,4H2,(H2,12,14). The fraction of sp³-hybridized carbons (Fsp3) is 0.250. The Morgan fingerprint density at radius 2 is 2.14 bits per heavy atom. The third kappa shape index (κ3) is 2.72. The number of hydrogen-bond acceptors (Lipinski definition) is 2. The number of alkyl halides is 3. The van der Waals surface area contributed by atoms with Gasteiger partial charge in [0.2, 0.25) is 0 Å². The van der Waals surface area contributed by atoms with E-state index in [-0.39, 0.29) is 11.3 Å². The van der Waals surface area contributed by atoms with Crippen molar-refractivity contribution >= 4 is 5.91 Å². The van der Waals surface area contributed by atoms with Crippen LogP contribution in [0.5, 0.6) is 0 Å². The molecule has 0 saturated heterocycles. The van der Waals surface area contributed by atoms with Crippen molar-refractivity contribution < 1.29 is 18.0 Å². The van der Waals surface area contributed by atoms with Crippen molar-refractivity contribution in [2.75, 3.05) is 0 Å². The smallest absolute Gasteiger partial charge is 0.366 e. The first kappa shape index (κ1) is 10.5. The number of nitrogens with two attached hydrogens (primary N) is 1. The zero-order valence-electron chi connectivity index (χ0n) is 7.01. The molecule has 0 bridgehead atoms. The van der Waals surface area contributed by atoms with Crippen LogP contribution in [0.15, 0.2) is 18.3 Å². The number of halogens is 3. The molecule has 0 unspecified atom stereocenters. The average Bonchev–Trinajstić information content (AvgIpc) is 2.01. The summed E-state index contributed by atoms with van der Waals surface area (Å²) in [7, 11) is 0. The Labute approximate surface area is 77.7 Å². The van der Waals surface area contributed by atoms with E-state index in [1.165, 1.54) is 18.3 Å². The number of hydrogen-bond donors (Lipinski definition) is 1. The van der Waals surface area contributed by atoms with E-state index < -0.39 is 18.5 Å². The monoisotopic (exact) mass is 204 g/mol. The Kier molecular flexibility index (Phi) is 2.73. The molecule has 1 aromatic heterocycles. The summed E-state index contributed by atoms with van der Waals surface area (Å²) in [4.78, 5) is 14.2. The van der Waals surface area contributed by atoms with Gasteiger partial charge in [-0.3, -0.25) is 9.78 Å². The van der Waals surface area contributed by atoms with E-state index in [2.05, 4.69) is 4.98 Å². The fourth-order valence-corrected chi connectivity index (χ4v) is 0.993. The molecule has 1 rings (SSSR count). The Hall–Kier alpha value is -1.59. The van der Waals surface area contributed by atoms with Gasteiger partial charge in [-0.15, -0.1) is 0 Å². The molecule has 14 heavy (non-hydrogen) atoms. The van der Waals surface area contributed by atoms with Crippen LogP contribution < -0.4 is 5.73 Å². The minimum absolute atomic E-state index is 0.190. The summed E-state index contributed by atoms with van der Waals surface area (Å²) < 4.78 is 36.0. The van der Waals surface area contributed by atoms with Crippen LogP contribution in [0, 0.1) is 0 Å². The first-order valence-electron chi connectivity index (χ1n) is 3.70. The fourth-order valence-electron chi connectivity index (χ4n) is 0.993. The van der Waals surface area contributed by atoms with Crippen LogP contribution in [0.3, 0.4) is 0 Å². The molecule has 3 nitrogen and oxygen atoms in total. The number of primary amides is 1. The highest BCUT2D eigenvalue weighted by Gasteiger charge is 2.30. The highest BCUT2D eigenvalue weighted by atomic mass is 19.4. The van der Waals surface area contributed by atoms with Crippen molar-refractivity contribution in [3.8, 4) is 0 Å². The Bertz CT molecular complexity index is 349. The van der Waals surface area contributed by atoms with Crippen molar-refractivity contribution in [1.29, 1.82) is 0 Å². The van der Waals surface area contributed by atoms with Gasteiger partial charge in [-0.25, -0.2) is 0 Å². The zero-order valence-corrected chi connectivity index (χ0v) is 7.01. The quantitative estimate of drug-likeness (QED) is 0.788. The van der Waals surface area contributed by atoms with Gasteiger partial charge in [-0.05, 0) is 12.1 Å². The van der Waals surface area contributed by atoms with Crippen LogP contribution in [0.1, 0.15) is 16.1 Å². The number of aromatic nitrogens is 1. The minimum atomic E-state index is -4.39. The van der Waals surface area contributed by atoms with Gasteiger partial charge in [0.25, 0.3) is 5.91 Å². The SMILES string of the molecule is NC(=O)c1cccnc1CC(F)(F)F. The summed E-state index contributed by atoms with van der Waals surface area (Å²) in [6.07, 6.45) is -4.45. The van der Waals surface area contributed by atoms with Crippen LogP contribution in [-0.4, -0.2) is 17.1 Å². The van der Waals surface area contributed by atoms with Crippen LogP contribution >= 0.6 is 0 Å². The first-order chi connectivity index (χ1) is 6.40. The maximum absolute atomic E-state index is 12.0. The number of amides is 1. The van der Waals surface area contributed by atoms with Crippen LogP contribution in [-0.2, 0) is 6.42 Å². The predicted octanol–water partition coefficient (Wildman–Crippen LogP) is 1.29. The predicted molar refractivity (Wildman–Crippen MR) is 42.5 cm³/mol. The molecule has 2 N–H and O–H groups in total. The molecule has 0 saturated carbocycles. The Balaban J connectivity index is 3.02. The lowest BCUT2D eigenvalue weighted by atomic mass is 10.1. The van der Waals surface area contributed by atoms with E-state index in [0.29, 0.717) is 0 Å². The van der Waals surface area contributed by atoms with Gasteiger partial charge in [-0.1, -0.05) is 0 Å². The van der Waals surface area contributed by atoms with Gasteiger partial charge < -0.3 is 5.73 Å². The molecule has 1 aromatic rings. The minimum Gasteiger partial charge on any atom is -0.366 e. The largest absolute Gasteiger partial charge is 0.394 e. The zero-order chi connectivity index (χ0) is 10.8. The number of carbonyl (C=O) groups is 1. The van der Waals surface area contributed by atoms with Gasteiger partial charge >= 0.3 is 6.18 Å². The number of rotatable bonds is 2. The third-order valence-corrected chi connectivity index (χ3v) is 1.52. The van der Waals surface area contributed by atoms with Gasteiger partial charge in [0.15, 0.2) is 0 Å². The van der Waals surface area contributed by atoms with E-state index in [0.717, 1.165) is 0 Å². The van der Waals surface area contributed by atoms with Gasteiger partial charge in [0.05, 0.1) is 17.7 Å². The topological polar surface area (TPSA) is 56.0 Å². The molecule has 0 spiro atoms. The molecular formula is C8H7F3N2O.